The molecule has 1 amide bonds. The lowest BCUT2D eigenvalue weighted by molar-refractivity contribution is -0.134. The van der Waals surface area contributed by atoms with Gasteiger partial charge in [-0.15, -0.1) is 0 Å². The molecule has 1 fully saturated rings. The molecule has 0 radical (unpaired) electrons. The fourth-order valence-electron chi connectivity index (χ4n) is 5.50. The lowest BCUT2D eigenvalue weighted by Gasteiger charge is -2.33. The number of rotatable bonds is 11. The van der Waals surface area contributed by atoms with Crippen LogP contribution in [0.25, 0.3) is 16.6 Å². The van der Waals surface area contributed by atoms with Gasteiger partial charge >= 0.3 is 0 Å². The van der Waals surface area contributed by atoms with Crippen LogP contribution in [0.3, 0.4) is 0 Å². The number of carbonyl (C=O) groups is 1. The fourth-order valence-corrected chi connectivity index (χ4v) is 5.50. The number of nitrogens with zero attached hydrogens (tertiary/aromatic N) is 3. The van der Waals surface area contributed by atoms with E-state index in [9.17, 15) is 9.59 Å². The maximum Gasteiger partial charge on any atom is 0.266 e. The number of hydrogen-bond acceptors (Lipinski definition) is 3. The third kappa shape index (κ3) is 5.83. The van der Waals surface area contributed by atoms with E-state index in [1.807, 2.05) is 59.5 Å². The predicted octanol–water partition coefficient (Wildman–Crippen LogP) is 6.83. The lowest BCUT2D eigenvalue weighted by Crippen LogP contribution is -2.39. The molecule has 1 aliphatic carbocycles. The molecule has 0 aliphatic heterocycles. The molecule has 0 bridgehead atoms. The molecule has 186 valence electrons. The van der Waals surface area contributed by atoms with Crippen LogP contribution >= 0.6 is 0 Å². The van der Waals surface area contributed by atoms with Crippen molar-refractivity contribution in [2.45, 2.75) is 84.1 Å². The highest BCUT2D eigenvalue weighted by Crippen LogP contribution is 2.31. The Morgan fingerprint density at radius 1 is 1.03 bits per heavy atom. The average Bonchev–Trinajstić information content (AvgIpc) is 3.41. The van der Waals surface area contributed by atoms with E-state index in [2.05, 4.69) is 13.8 Å². The molecule has 5 nitrogen and oxygen atoms in total. The molecule has 3 aromatic rings. The lowest BCUT2D eigenvalue weighted by atomic mass is 10.0. The summed E-state index contributed by atoms with van der Waals surface area (Å²) in [6.07, 6.45) is 10.5. The summed E-state index contributed by atoms with van der Waals surface area (Å²) >= 11 is 0. The first-order valence-electron chi connectivity index (χ1n) is 13.5. The molecule has 0 N–H and O–H groups in total. The number of benzene rings is 2. The minimum atomic E-state index is -0.250. The maximum absolute atomic E-state index is 13.7. The zero-order chi connectivity index (χ0) is 24.6. The van der Waals surface area contributed by atoms with Crippen LogP contribution in [-0.4, -0.2) is 26.9 Å². The van der Waals surface area contributed by atoms with Gasteiger partial charge in [-0.1, -0.05) is 82.7 Å². The van der Waals surface area contributed by atoms with Crippen molar-refractivity contribution in [3.8, 4) is 5.69 Å². The molecule has 1 unspecified atom stereocenters. The van der Waals surface area contributed by atoms with Gasteiger partial charge in [-0.2, -0.15) is 0 Å². The fraction of sp³-hybridized carbons (Fsp3) is 0.500. The van der Waals surface area contributed by atoms with Crippen LogP contribution in [0.2, 0.25) is 0 Å². The minimum absolute atomic E-state index is 0.0813. The Balaban J connectivity index is 1.76. The Morgan fingerprint density at radius 2 is 1.74 bits per heavy atom. The molecule has 5 heteroatoms. The Bertz CT molecular complexity index is 1170. The van der Waals surface area contributed by atoms with Crippen LogP contribution in [0.5, 0.6) is 0 Å². The summed E-state index contributed by atoms with van der Waals surface area (Å²) in [6.45, 7) is 4.98. The topological polar surface area (TPSA) is 55.2 Å². The van der Waals surface area contributed by atoms with Crippen LogP contribution in [0, 0.1) is 5.92 Å². The zero-order valence-corrected chi connectivity index (χ0v) is 21.3. The van der Waals surface area contributed by atoms with Gasteiger partial charge in [-0.3, -0.25) is 14.2 Å². The van der Waals surface area contributed by atoms with E-state index in [0.29, 0.717) is 42.0 Å². The smallest absolute Gasteiger partial charge is 0.266 e. The Morgan fingerprint density at radius 3 is 2.46 bits per heavy atom. The summed E-state index contributed by atoms with van der Waals surface area (Å²) in [5, 5.41) is 0.597. The summed E-state index contributed by atoms with van der Waals surface area (Å²) < 4.78 is 1.73. The monoisotopic (exact) mass is 473 g/mol. The zero-order valence-electron chi connectivity index (χ0n) is 21.3. The molecule has 1 heterocycles. The van der Waals surface area contributed by atoms with E-state index in [1.165, 1.54) is 25.7 Å². The van der Waals surface area contributed by atoms with E-state index in [-0.39, 0.29) is 17.5 Å². The van der Waals surface area contributed by atoms with Gasteiger partial charge < -0.3 is 4.90 Å². The normalized spacial score (nSPS) is 14.9. The summed E-state index contributed by atoms with van der Waals surface area (Å²) in [5.74, 6) is 1.53. The second-order valence-corrected chi connectivity index (χ2v) is 9.87. The molecule has 0 spiro atoms. The van der Waals surface area contributed by atoms with Crippen LogP contribution in [-0.2, 0) is 4.79 Å². The van der Waals surface area contributed by atoms with Gasteiger partial charge in [-0.25, -0.2) is 4.98 Å². The Hall–Kier alpha value is -2.95. The van der Waals surface area contributed by atoms with E-state index in [1.54, 1.807) is 4.57 Å². The molecule has 1 aliphatic rings. The van der Waals surface area contributed by atoms with E-state index in [0.717, 1.165) is 31.4 Å². The van der Waals surface area contributed by atoms with Crippen molar-refractivity contribution >= 4 is 16.8 Å². The molecule has 0 saturated heterocycles. The van der Waals surface area contributed by atoms with Crippen LogP contribution in [0.15, 0.2) is 59.4 Å². The number of para-hydroxylation sites is 2. The first-order valence-corrected chi connectivity index (χ1v) is 13.5. The number of fused-ring (bicyclic) bond motifs is 1. The van der Waals surface area contributed by atoms with Gasteiger partial charge in [0.15, 0.2) is 0 Å². The average molecular weight is 474 g/mol. The molecular weight excluding hydrogens is 434 g/mol. The predicted molar refractivity (Wildman–Crippen MR) is 143 cm³/mol. The largest absolute Gasteiger partial charge is 0.333 e. The van der Waals surface area contributed by atoms with Gasteiger partial charge in [0.05, 0.1) is 22.6 Å². The number of amides is 1. The summed E-state index contributed by atoms with van der Waals surface area (Å²) in [4.78, 5) is 34.5. The SMILES string of the molecule is CCCCCN(C(=O)CCC1CCCC1)C(CC)c1nc2ccccc2c(=O)n1-c1ccccc1. The van der Waals surface area contributed by atoms with Crippen molar-refractivity contribution in [1.82, 2.24) is 14.5 Å². The molecular formula is C30H39N3O2. The van der Waals surface area contributed by atoms with E-state index in [4.69, 9.17) is 4.98 Å². The van der Waals surface area contributed by atoms with Crippen molar-refractivity contribution in [1.29, 1.82) is 0 Å². The molecule has 1 atom stereocenters. The first-order chi connectivity index (χ1) is 17.1. The van der Waals surface area contributed by atoms with Gasteiger partial charge in [0.1, 0.15) is 5.82 Å². The second-order valence-electron chi connectivity index (χ2n) is 9.87. The molecule has 1 saturated carbocycles. The van der Waals surface area contributed by atoms with Gasteiger partial charge in [0, 0.05) is 13.0 Å². The first kappa shape index (κ1) is 25.2. The molecule has 2 aromatic carbocycles. The van der Waals surface area contributed by atoms with Crippen LogP contribution in [0.1, 0.15) is 89.9 Å². The van der Waals surface area contributed by atoms with Crippen molar-refractivity contribution < 1.29 is 4.79 Å². The van der Waals surface area contributed by atoms with Crippen LogP contribution in [0.4, 0.5) is 0 Å². The van der Waals surface area contributed by atoms with E-state index >= 15 is 0 Å². The number of carbonyl (C=O) groups excluding carboxylic acids is 1. The highest BCUT2D eigenvalue weighted by atomic mass is 16.2. The van der Waals surface area contributed by atoms with E-state index < -0.39 is 0 Å². The highest BCUT2D eigenvalue weighted by Gasteiger charge is 2.29. The number of hydrogen-bond donors (Lipinski definition) is 0. The summed E-state index contributed by atoms with van der Waals surface area (Å²) in [5.41, 5.74) is 1.39. The second kappa shape index (κ2) is 12.1. The molecule has 4 rings (SSSR count). The summed E-state index contributed by atoms with van der Waals surface area (Å²) in [7, 11) is 0. The quantitative estimate of drug-likeness (QED) is 0.287. The van der Waals surface area contributed by atoms with Crippen molar-refractivity contribution in [3.63, 3.8) is 0 Å². The Kier molecular flexibility index (Phi) is 8.73. The molecule has 1 aromatic heterocycles. The molecule has 35 heavy (non-hydrogen) atoms. The van der Waals surface area contributed by atoms with Gasteiger partial charge in [-0.05, 0) is 49.4 Å². The van der Waals surface area contributed by atoms with Crippen molar-refractivity contribution in [2.75, 3.05) is 6.54 Å². The highest BCUT2D eigenvalue weighted by molar-refractivity contribution is 5.79. The summed E-state index contributed by atoms with van der Waals surface area (Å²) in [6, 6.07) is 17.0. The third-order valence-electron chi connectivity index (χ3n) is 7.44. The Labute approximate surface area is 209 Å². The number of aromatic nitrogens is 2. The van der Waals surface area contributed by atoms with Crippen molar-refractivity contribution in [2.24, 2.45) is 5.92 Å². The van der Waals surface area contributed by atoms with Crippen LogP contribution < -0.4 is 5.56 Å². The van der Waals surface area contributed by atoms with Crippen molar-refractivity contribution in [3.05, 3.63) is 70.8 Å². The standard InChI is InChI=1S/C30H39N3O2/c1-3-5-13-22-32(28(34)21-20-23-14-9-10-15-23)27(4-2)29-31-26-19-12-11-18-25(26)30(35)33(29)24-16-7-6-8-17-24/h6-8,11-12,16-19,23,27H,3-5,9-10,13-15,20-22H2,1-2H3. The number of unbranched alkanes of at least 4 members (excludes halogenated alkanes) is 2. The maximum atomic E-state index is 13.7. The third-order valence-corrected chi connectivity index (χ3v) is 7.44. The van der Waals surface area contributed by atoms with Gasteiger partial charge in [0.2, 0.25) is 5.91 Å². The minimum Gasteiger partial charge on any atom is -0.333 e. The van der Waals surface area contributed by atoms with Gasteiger partial charge in [0.25, 0.3) is 5.56 Å².